The highest BCUT2D eigenvalue weighted by atomic mass is 32.2. The second kappa shape index (κ2) is 5.19. The predicted octanol–water partition coefficient (Wildman–Crippen LogP) is 2.69. The molecule has 18 heavy (non-hydrogen) atoms. The summed E-state index contributed by atoms with van der Waals surface area (Å²) < 4.78 is 39.7. The Hall–Kier alpha value is -0.590. The lowest BCUT2D eigenvalue weighted by Gasteiger charge is -2.26. The topological polar surface area (TPSA) is 46.2 Å². The molecule has 0 saturated carbocycles. The smallest absolute Gasteiger partial charge is 0.212 e. The molecule has 0 bridgehead atoms. The van der Waals surface area contributed by atoms with Crippen molar-refractivity contribution < 1.29 is 12.8 Å². The minimum atomic E-state index is -3.34. The van der Waals surface area contributed by atoms with E-state index in [1.807, 2.05) is 0 Å². The normalized spacial score (nSPS) is 19.9. The number of thioether (sulfide) groups is 1. The highest BCUT2D eigenvalue weighted by Gasteiger charge is 2.27. The maximum Gasteiger partial charge on any atom is 0.214 e. The van der Waals surface area contributed by atoms with Crippen LogP contribution in [-0.2, 0) is 10.0 Å². The summed E-state index contributed by atoms with van der Waals surface area (Å²) in [6.45, 7) is 3.26. The van der Waals surface area contributed by atoms with E-state index in [1.165, 1.54) is 12.1 Å². The Morgan fingerprint density at radius 2 is 2.17 bits per heavy atom. The molecule has 1 aromatic carbocycles. The Balaban J connectivity index is 2.31. The predicted molar refractivity (Wildman–Crippen MR) is 71.7 cm³/mol. The molecule has 1 atom stereocenters. The average Bonchev–Trinajstić information content (AvgIpc) is 2.29. The molecule has 0 saturated heterocycles. The minimum Gasteiger partial charge on any atom is -0.212 e. The average molecular weight is 289 g/mol. The molecule has 3 nitrogen and oxygen atoms in total. The number of fused-ring (bicyclic) bond motifs is 1. The van der Waals surface area contributed by atoms with Crippen LogP contribution < -0.4 is 4.72 Å². The molecule has 0 aromatic heterocycles. The molecule has 1 aliphatic heterocycles. The maximum atomic E-state index is 13.3. The number of nitrogens with one attached hydrogen (secondary N) is 1. The third-order valence-electron chi connectivity index (χ3n) is 2.94. The summed E-state index contributed by atoms with van der Waals surface area (Å²) in [5, 5.41) is -0.482. The van der Waals surface area contributed by atoms with Crippen LogP contribution in [0.5, 0.6) is 0 Å². The molecular weight excluding hydrogens is 273 g/mol. The quantitative estimate of drug-likeness (QED) is 0.930. The van der Waals surface area contributed by atoms with Crippen molar-refractivity contribution >= 4 is 21.8 Å². The fourth-order valence-electron chi connectivity index (χ4n) is 1.82. The Labute approximate surface area is 111 Å². The van der Waals surface area contributed by atoms with Gasteiger partial charge in [-0.3, -0.25) is 0 Å². The minimum absolute atomic E-state index is 0.315. The van der Waals surface area contributed by atoms with Crippen LogP contribution in [0.3, 0.4) is 0 Å². The van der Waals surface area contributed by atoms with Gasteiger partial charge in [-0.05, 0) is 49.8 Å². The molecular formula is C12H16FNO2S2. The van der Waals surface area contributed by atoms with E-state index in [9.17, 15) is 12.8 Å². The van der Waals surface area contributed by atoms with Crippen LogP contribution in [0.15, 0.2) is 23.1 Å². The van der Waals surface area contributed by atoms with Crippen molar-refractivity contribution in [3.8, 4) is 0 Å². The van der Waals surface area contributed by atoms with Crippen molar-refractivity contribution in [3.63, 3.8) is 0 Å². The number of halogens is 1. The lowest BCUT2D eigenvalue weighted by molar-refractivity contribution is 0.534. The molecule has 1 unspecified atom stereocenters. The molecule has 0 radical (unpaired) electrons. The summed E-state index contributed by atoms with van der Waals surface area (Å²) in [7, 11) is -3.34. The Bertz CT molecular complexity index is 543. The lowest BCUT2D eigenvalue weighted by Crippen LogP contribution is -2.35. The Kier molecular flexibility index (Phi) is 3.99. The third-order valence-corrected chi connectivity index (χ3v) is 5.92. The molecule has 100 valence electrons. The van der Waals surface area contributed by atoms with E-state index in [4.69, 9.17) is 0 Å². The zero-order valence-electron chi connectivity index (χ0n) is 10.3. The molecule has 2 rings (SSSR count). The van der Waals surface area contributed by atoms with Crippen molar-refractivity contribution in [1.29, 1.82) is 0 Å². The third kappa shape index (κ3) is 2.87. The SMILES string of the molecule is CC(C)S(=O)(=O)NC1CCSc2ccc(F)cc21. The highest BCUT2D eigenvalue weighted by Crippen LogP contribution is 2.36. The van der Waals surface area contributed by atoms with Crippen LogP contribution in [0.1, 0.15) is 31.9 Å². The first-order chi connectivity index (χ1) is 8.40. The molecule has 1 aromatic rings. The maximum absolute atomic E-state index is 13.3. The van der Waals surface area contributed by atoms with Crippen molar-refractivity contribution in [2.75, 3.05) is 5.75 Å². The van der Waals surface area contributed by atoms with Crippen molar-refractivity contribution in [2.45, 2.75) is 36.5 Å². The zero-order valence-corrected chi connectivity index (χ0v) is 11.9. The van der Waals surface area contributed by atoms with Gasteiger partial charge in [0.2, 0.25) is 10.0 Å². The van der Waals surface area contributed by atoms with E-state index in [1.54, 1.807) is 31.7 Å². The largest absolute Gasteiger partial charge is 0.214 e. The van der Waals surface area contributed by atoms with Gasteiger partial charge in [-0.25, -0.2) is 17.5 Å². The summed E-state index contributed by atoms with van der Waals surface area (Å²) in [6, 6.07) is 4.23. The number of rotatable bonds is 3. The summed E-state index contributed by atoms with van der Waals surface area (Å²) >= 11 is 1.63. The van der Waals surface area contributed by atoms with Gasteiger partial charge in [0.25, 0.3) is 0 Å². The van der Waals surface area contributed by atoms with E-state index in [-0.39, 0.29) is 11.9 Å². The van der Waals surface area contributed by atoms with Crippen LogP contribution in [-0.4, -0.2) is 19.4 Å². The molecule has 1 N–H and O–H groups in total. The van der Waals surface area contributed by atoms with Gasteiger partial charge in [-0.1, -0.05) is 0 Å². The van der Waals surface area contributed by atoms with E-state index >= 15 is 0 Å². The standard InChI is InChI=1S/C12H16FNO2S2/c1-8(2)18(15,16)14-11-5-6-17-12-4-3-9(13)7-10(11)12/h3-4,7-8,11,14H,5-6H2,1-2H3. The zero-order chi connectivity index (χ0) is 13.3. The second-order valence-corrected chi connectivity index (χ2v) is 7.99. The van der Waals surface area contributed by atoms with Crippen LogP contribution in [0.2, 0.25) is 0 Å². The van der Waals surface area contributed by atoms with Crippen molar-refractivity contribution in [1.82, 2.24) is 4.72 Å². The van der Waals surface area contributed by atoms with Gasteiger partial charge in [0.05, 0.1) is 5.25 Å². The molecule has 0 amide bonds. The first kappa shape index (κ1) is 13.8. The molecule has 1 aliphatic rings. The van der Waals surface area contributed by atoms with Gasteiger partial charge in [-0.15, -0.1) is 11.8 Å². The molecule has 0 fully saturated rings. The molecule has 6 heteroatoms. The van der Waals surface area contributed by atoms with Gasteiger partial charge in [0, 0.05) is 10.9 Å². The summed E-state index contributed by atoms with van der Waals surface area (Å²) in [5.41, 5.74) is 0.746. The number of sulfonamides is 1. The van der Waals surface area contributed by atoms with Gasteiger partial charge >= 0.3 is 0 Å². The van der Waals surface area contributed by atoms with Gasteiger partial charge in [-0.2, -0.15) is 0 Å². The van der Waals surface area contributed by atoms with E-state index < -0.39 is 15.3 Å². The first-order valence-corrected chi connectivity index (χ1v) is 8.37. The Morgan fingerprint density at radius 1 is 1.44 bits per heavy atom. The fourth-order valence-corrected chi connectivity index (χ4v) is 3.84. The molecule has 0 aliphatic carbocycles. The Morgan fingerprint density at radius 3 is 2.83 bits per heavy atom. The monoisotopic (exact) mass is 289 g/mol. The summed E-state index contributed by atoms with van der Waals surface area (Å²) in [4.78, 5) is 0.958. The van der Waals surface area contributed by atoms with Gasteiger partial charge in [0.15, 0.2) is 0 Å². The fraction of sp³-hybridized carbons (Fsp3) is 0.500. The number of benzene rings is 1. The van der Waals surface area contributed by atoms with Crippen LogP contribution in [0.4, 0.5) is 4.39 Å². The van der Waals surface area contributed by atoms with E-state index in [2.05, 4.69) is 4.72 Å². The highest BCUT2D eigenvalue weighted by molar-refractivity contribution is 7.99. The van der Waals surface area contributed by atoms with Gasteiger partial charge in [0.1, 0.15) is 5.82 Å². The van der Waals surface area contributed by atoms with E-state index in [0.717, 1.165) is 16.2 Å². The van der Waals surface area contributed by atoms with Crippen LogP contribution in [0, 0.1) is 5.82 Å². The molecule has 1 heterocycles. The first-order valence-electron chi connectivity index (χ1n) is 5.83. The lowest BCUT2D eigenvalue weighted by atomic mass is 10.0. The summed E-state index contributed by atoms with van der Waals surface area (Å²) in [6.07, 6.45) is 0.688. The molecule has 0 spiro atoms. The van der Waals surface area contributed by atoms with Crippen molar-refractivity contribution in [2.24, 2.45) is 0 Å². The number of hydrogen-bond donors (Lipinski definition) is 1. The second-order valence-electron chi connectivity index (χ2n) is 4.58. The van der Waals surface area contributed by atoms with Crippen LogP contribution >= 0.6 is 11.8 Å². The van der Waals surface area contributed by atoms with E-state index in [0.29, 0.717) is 6.42 Å². The van der Waals surface area contributed by atoms with Crippen LogP contribution in [0.25, 0.3) is 0 Å². The van der Waals surface area contributed by atoms with Gasteiger partial charge < -0.3 is 0 Å². The summed E-state index contributed by atoms with van der Waals surface area (Å²) in [5.74, 6) is 0.509. The number of hydrogen-bond acceptors (Lipinski definition) is 3. The van der Waals surface area contributed by atoms with Crippen molar-refractivity contribution in [3.05, 3.63) is 29.6 Å².